The van der Waals surface area contributed by atoms with Crippen molar-refractivity contribution in [3.63, 3.8) is 0 Å². The summed E-state index contributed by atoms with van der Waals surface area (Å²) < 4.78 is 13.7. The fourth-order valence-electron chi connectivity index (χ4n) is 3.85. The van der Waals surface area contributed by atoms with Gasteiger partial charge in [-0.15, -0.1) is 10.2 Å². The van der Waals surface area contributed by atoms with E-state index in [4.69, 9.17) is 8.83 Å². The molecule has 156 valence electrons. The maximum Gasteiger partial charge on any atom is 0.253 e. The van der Waals surface area contributed by atoms with Gasteiger partial charge in [0.15, 0.2) is 10.9 Å². The second-order valence-electron chi connectivity index (χ2n) is 7.71. The summed E-state index contributed by atoms with van der Waals surface area (Å²) in [6.45, 7) is 0. The highest BCUT2D eigenvalue weighted by Crippen LogP contribution is 2.38. The number of furan rings is 2. The first-order valence-electron chi connectivity index (χ1n) is 10.2. The Hall–Kier alpha value is -3.33. The van der Waals surface area contributed by atoms with Crippen molar-refractivity contribution in [1.29, 1.82) is 0 Å². The summed E-state index contributed by atoms with van der Waals surface area (Å²) in [4.78, 5) is 13.2. The number of fused-ring (bicyclic) bond motifs is 1. The fraction of sp³-hybridized carbons (Fsp3) is 0.273. The minimum Gasteiger partial charge on any atom is -0.467 e. The molecule has 1 amide bonds. The average molecular weight is 433 g/mol. The Kier molecular flexibility index (Phi) is 4.41. The molecule has 0 unspecified atom stereocenters. The van der Waals surface area contributed by atoms with Gasteiger partial charge in [-0.2, -0.15) is 5.10 Å². The Morgan fingerprint density at radius 2 is 2.10 bits per heavy atom. The van der Waals surface area contributed by atoms with Crippen molar-refractivity contribution in [2.45, 2.75) is 36.5 Å². The number of hydrogen-bond acceptors (Lipinski definition) is 7. The second-order valence-corrected chi connectivity index (χ2v) is 8.65. The average Bonchev–Trinajstić information content (AvgIpc) is 3.26. The Balaban J connectivity index is 1.26. The molecule has 0 bridgehead atoms. The maximum atomic E-state index is 13.2. The molecule has 4 heterocycles. The minimum absolute atomic E-state index is 0.108. The van der Waals surface area contributed by atoms with Crippen LogP contribution in [0.15, 0.2) is 74.1 Å². The van der Waals surface area contributed by atoms with Crippen LogP contribution in [-0.4, -0.2) is 37.1 Å². The number of nitrogens with zero attached hydrogens (tertiary/aromatic N) is 5. The Labute approximate surface area is 181 Å². The van der Waals surface area contributed by atoms with Crippen LogP contribution in [0.25, 0.3) is 11.0 Å². The first kappa shape index (κ1) is 18.4. The molecule has 1 aliphatic carbocycles. The van der Waals surface area contributed by atoms with Crippen molar-refractivity contribution in [2.75, 3.05) is 5.75 Å². The number of para-hydroxylation sites is 1. The normalized spacial score (nSPS) is 18.6. The predicted octanol–water partition coefficient (Wildman–Crippen LogP) is 4.42. The molecule has 2 aliphatic rings. The van der Waals surface area contributed by atoms with Gasteiger partial charge in [-0.3, -0.25) is 4.79 Å². The van der Waals surface area contributed by atoms with Crippen molar-refractivity contribution in [2.24, 2.45) is 5.10 Å². The molecule has 0 saturated heterocycles. The van der Waals surface area contributed by atoms with E-state index < -0.39 is 0 Å². The molecule has 0 radical (unpaired) electrons. The number of aromatic nitrogens is 3. The lowest BCUT2D eigenvalue weighted by molar-refractivity contribution is -0.130. The van der Waals surface area contributed by atoms with Gasteiger partial charge in [0.25, 0.3) is 5.91 Å². The number of hydrazone groups is 1. The summed E-state index contributed by atoms with van der Waals surface area (Å²) in [6.07, 6.45) is 6.16. The molecule has 1 saturated carbocycles. The monoisotopic (exact) mass is 433 g/mol. The smallest absolute Gasteiger partial charge is 0.253 e. The van der Waals surface area contributed by atoms with Crippen molar-refractivity contribution in [1.82, 2.24) is 19.8 Å². The minimum atomic E-state index is -0.299. The zero-order valence-electron chi connectivity index (χ0n) is 16.5. The van der Waals surface area contributed by atoms with E-state index in [0.717, 1.165) is 34.7 Å². The number of thioether (sulfide) groups is 1. The maximum absolute atomic E-state index is 13.2. The summed E-state index contributed by atoms with van der Waals surface area (Å²) in [6, 6.07) is 13.7. The highest BCUT2D eigenvalue weighted by Gasteiger charge is 2.36. The van der Waals surface area contributed by atoms with Gasteiger partial charge in [0.2, 0.25) is 0 Å². The SMILES string of the molecule is O=C(CSc1nncn1C1CC1)N1N=C(c2cc3ccccc3o2)C[C@H]1c1ccco1. The third-order valence-electron chi connectivity index (χ3n) is 5.55. The molecule has 8 nitrogen and oxygen atoms in total. The van der Waals surface area contributed by atoms with Gasteiger partial charge in [0.05, 0.1) is 12.0 Å². The van der Waals surface area contributed by atoms with E-state index in [1.165, 1.54) is 16.8 Å². The van der Waals surface area contributed by atoms with E-state index >= 15 is 0 Å². The second kappa shape index (κ2) is 7.42. The van der Waals surface area contributed by atoms with E-state index in [-0.39, 0.29) is 17.7 Å². The largest absolute Gasteiger partial charge is 0.467 e. The Bertz CT molecular complexity index is 1240. The number of benzene rings is 1. The molecule has 0 spiro atoms. The number of amides is 1. The quantitative estimate of drug-likeness (QED) is 0.418. The van der Waals surface area contributed by atoms with E-state index in [1.807, 2.05) is 42.5 Å². The van der Waals surface area contributed by atoms with Crippen LogP contribution >= 0.6 is 11.8 Å². The summed E-state index contributed by atoms with van der Waals surface area (Å²) >= 11 is 1.39. The van der Waals surface area contributed by atoms with Crippen LogP contribution in [0.1, 0.15) is 42.9 Å². The van der Waals surface area contributed by atoms with Crippen LogP contribution in [0.5, 0.6) is 0 Å². The lowest BCUT2D eigenvalue weighted by atomic mass is 10.1. The predicted molar refractivity (Wildman–Crippen MR) is 115 cm³/mol. The number of hydrogen-bond donors (Lipinski definition) is 0. The first-order valence-corrected chi connectivity index (χ1v) is 11.2. The number of carbonyl (C=O) groups excluding carboxylic acids is 1. The van der Waals surface area contributed by atoms with Crippen LogP contribution in [0.4, 0.5) is 0 Å². The number of rotatable bonds is 6. The first-order chi connectivity index (χ1) is 15.3. The molecule has 4 aromatic rings. The van der Waals surface area contributed by atoms with Crippen molar-refractivity contribution < 1.29 is 13.6 Å². The third-order valence-corrected chi connectivity index (χ3v) is 6.49. The molecular weight excluding hydrogens is 414 g/mol. The highest BCUT2D eigenvalue weighted by atomic mass is 32.2. The molecule has 31 heavy (non-hydrogen) atoms. The van der Waals surface area contributed by atoms with Crippen LogP contribution in [0, 0.1) is 0 Å². The van der Waals surface area contributed by atoms with Gasteiger partial charge in [-0.25, -0.2) is 5.01 Å². The van der Waals surface area contributed by atoms with E-state index in [9.17, 15) is 4.79 Å². The van der Waals surface area contributed by atoms with Crippen LogP contribution in [0.3, 0.4) is 0 Å². The summed E-state index contributed by atoms with van der Waals surface area (Å²) in [7, 11) is 0. The lowest BCUT2D eigenvalue weighted by Gasteiger charge is -2.19. The van der Waals surface area contributed by atoms with Crippen molar-refractivity contribution in [3.8, 4) is 0 Å². The topological polar surface area (TPSA) is 89.7 Å². The molecule has 0 N–H and O–H groups in total. The third kappa shape index (κ3) is 3.44. The van der Waals surface area contributed by atoms with Crippen molar-refractivity contribution >= 4 is 34.3 Å². The van der Waals surface area contributed by atoms with Crippen LogP contribution in [-0.2, 0) is 4.79 Å². The van der Waals surface area contributed by atoms with Gasteiger partial charge in [-0.05, 0) is 37.1 Å². The summed E-state index contributed by atoms with van der Waals surface area (Å²) in [5.74, 6) is 1.49. The number of carbonyl (C=O) groups is 1. The zero-order valence-corrected chi connectivity index (χ0v) is 17.4. The Morgan fingerprint density at radius 1 is 1.19 bits per heavy atom. The Morgan fingerprint density at radius 3 is 2.90 bits per heavy atom. The molecule has 9 heteroatoms. The van der Waals surface area contributed by atoms with Gasteiger partial charge in [-0.1, -0.05) is 30.0 Å². The van der Waals surface area contributed by atoms with Gasteiger partial charge >= 0.3 is 0 Å². The van der Waals surface area contributed by atoms with Crippen LogP contribution < -0.4 is 0 Å². The highest BCUT2D eigenvalue weighted by molar-refractivity contribution is 7.99. The standard InChI is InChI=1S/C22H19N5O3S/c28-21(12-31-22-24-23-13-26(22)15-7-8-15)27-17(19-6-3-9-29-19)11-16(25-27)20-10-14-4-1-2-5-18(14)30-20/h1-6,9-10,13,15,17H,7-8,11-12H2/t17-/m0/s1. The summed E-state index contributed by atoms with van der Waals surface area (Å²) in [5, 5.41) is 16.1. The van der Waals surface area contributed by atoms with Crippen molar-refractivity contribution in [3.05, 3.63) is 66.6 Å². The molecule has 1 aliphatic heterocycles. The van der Waals surface area contributed by atoms with Gasteiger partial charge < -0.3 is 13.4 Å². The molecule has 6 rings (SSSR count). The molecule has 3 aromatic heterocycles. The van der Waals surface area contributed by atoms with E-state index in [0.29, 0.717) is 24.0 Å². The van der Waals surface area contributed by atoms with E-state index in [1.54, 1.807) is 12.6 Å². The molecule has 1 aromatic carbocycles. The molecule has 1 fully saturated rings. The van der Waals surface area contributed by atoms with E-state index in [2.05, 4.69) is 19.9 Å². The fourth-order valence-corrected chi connectivity index (χ4v) is 4.68. The van der Waals surface area contributed by atoms with Gasteiger partial charge in [0.1, 0.15) is 29.4 Å². The van der Waals surface area contributed by atoms with Gasteiger partial charge in [0, 0.05) is 17.8 Å². The zero-order chi connectivity index (χ0) is 20.8. The summed E-state index contributed by atoms with van der Waals surface area (Å²) in [5.41, 5.74) is 1.53. The lowest BCUT2D eigenvalue weighted by Crippen LogP contribution is -2.28. The molecule has 1 atom stereocenters. The molecular formula is C22H19N5O3S. The van der Waals surface area contributed by atoms with Crippen LogP contribution in [0.2, 0.25) is 0 Å².